The van der Waals surface area contributed by atoms with Crippen molar-refractivity contribution in [2.75, 3.05) is 39.0 Å². The van der Waals surface area contributed by atoms with Crippen molar-refractivity contribution in [2.24, 2.45) is 11.8 Å². The van der Waals surface area contributed by atoms with E-state index in [2.05, 4.69) is 24.1 Å². The average Bonchev–Trinajstić information content (AvgIpc) is 2.52. The Morgan fingerprint density at radius 1 is 1.17 bits per heavy atom. The summed E-state index contributed by atoms with van der Waals surface area (Å²) < 4.78 is 24.8. The number of carbonyl (C=O) groups excluding carboxylic acids is 1. The van der Waals surface area contributed by atoms with Gasteiger partial charge < -0.3 is 10.2 Å². The first-order valence-corrected chi connectivity index (χ1v) is 10.6. The Labute approximate surface area is 140 Å². The first kappa shape index (κ1) is 18.7. The van der Waals surface area contributed by atoms with E-state index in [0.29, 0.717) is 25.7 Å². The number of sulfonamides is 1. The summed E-state index contributed by atoms with van der Waals surface area (Å²) in [6, 6.07) is 0.545. The van der Waals surface area contributed by atoms with E-state index in [4.69, 9.17) is 0 Å². The molecule has 0 aromatic heterocycles. The van der Waals surface area contributed by atoms with E-state index in [1.807, 2.05) is 0 Å². The molecule has 6 nitrogen and oxygen atoms in total. The molecule has 0 radical (unpaired) electrons. The van der Waals surface area contributed by atoms with Crippen molar-refractivity contribution in [2.45, 2.75) is 45.6 Å². The van der Waals surface area contributed by atoms with Crippen LogP contribution in [0.5, 0.6) is 0 Å². The van der Waals surface area contributed by atoms with Gasteiger partial charge in [-0.3, -0.25) is 4.79 Å². The minimum Gasteiger partial charge on any atom is -0.356 e. The maximum atomic E-state index is 12.3. The second kappa shape index (κ2) is 7.94. The van der Waals surface area contributed by atoms with Crippen LogP contribution < -0.4 is 5.32 Å². The number of nitrogens with zero attached hydrogens (tertiary/aromatic N) is 2. The Kier molecular flexibility index (Phi) is 6.45. The molecule has 1 unspecified atom stereocenters. The molecule has 1 N–H and O–H groups in total. The van der Waals surface area contributed by atoms with Crippen molar-refractivity contribution in [3.63, 3.8) is 0 Å². The Balaban J connectivity index is 1.74. The highest BCUT2D eigenvalue weighted by molar-refractivity contribution is 7.88. The Morgan fingerprint density at radius 3 is 2.39 bits per heavy atom. The van der Waals surface area contributed by atoms with Gasteiger partial charge in [-0.05, 0) is 58.5 Å². The quantitative estimate of drug-likeness (QED) is 0.804. The van der Waals surface area contributed by atoms with E-state index in [-0.39, 0.29) is 17.7 Å². The van der Waals surface area contributed by atoms with Crippen LogP contribution in [0.25, 0.3) is 0 Å². The minimum absolute atomic E-state index is 0.111. The molecular weight excluding hydrogens is 314 g/mol. The van der Waals surface area contributed by atoms with Crippen LogP contribution in [0, 0.1) is 11.8 Å². The minimum atomic E-state index is -3.12. The van der Waals surface area contributed by atoms with E-state index >= 15 is 0 Å². The van der Waals surface area contributed by atoms with Crippen LogP contribution in [0.1, 0.15) is 39.5 Å². The highest BCUT2D eigenvalue weighted by Gasteiger charge is 2.28. The monoisotopic (exact) mass is 345 g/mol. The van der Waals surface area contributed by atoms with Gasteiger partial charge in [-0.25, -0.2) is 12.7 Å². The predicted molar refractivity (Wildman–Crippen MR) is 91.6 cm³/mol. The molecule has 134 valence electrons. The zero-order valence-corrected chi connectivity index (χ0v) is 15.4. The van der Waals surface area contributed by atoms with Gasteiger partial charge in [-0.1, -0.05) is 0 Å². The molecular formula is C16H31N3O3S. The first-order valence-electron chi connectivity index (χ1n) is 8.74. The zero-order chi connectivity index (χ0) is 17.0. The molecule has 23 heavy (non-hydrogen) atoms. The van der Waals surface area contributed by atoms with E-state index in [9.17, 15) is 13.2 Å². The Hall–Kier alpha value is -0.660. The molecule has 2 heterocycles. The van der Waals surface area contributed by atoms with E-state index < -0.39 is 10.0 Å². The molecule has 2 aliphatic rings. The summed E-state index contributed by atoms with van der Waals surface area (Å²) in [6.07, 6.45) is 4.96. The maximum Gasteiger partial charge on any atom is 0.223 e. The Morgan fingerprint density at radius 2 is 1.83 bits per heavy atom. The lowest BCUT2D eigenvalue weighted by Crippen LogP contribution is -2.46. The summed E-state index contributed by atoms with van der Waals surface area (Å²) in [5.41, 5.74) is 0. The summed E-state index contributed by atoms with van der Waals surface area (Å²) in [5.74, 6) is 0.489. The molecule has 2 fully saturated rings. The van der Waals surface area contributed by atoms with E-state index in [1.54, 1.807) is 0 Å². The molecule has 0 bridgehead atoms. The SMILES string of the molecule is CC(C)N1CCC(C(=O)NCC2CCCN(S(C)(=O)=O)C2)CC1. The van der Waals surface area contributed by atoms with Gasteiger partial charge in [-0.2, -0.15) is 0 Å². The molecule has 0 spiro atoms. The summed E-state index contributed by atoms with van der Waals surface area (Å²) >= 11 is 0. The van der Waals surface area contributed by atoms with Crippen molar-refractivity contribution in [1.29, 1.82) is 0 Å². The summed E-state index contributed by atoms with van der Waals surface area (Å²) in [6.45, 7) is 8.09. The number of amides is 1. The highest BCUT2D eigenvalue weighted by Crippen LogP contribution is 2.21. The third kappa shape index (κ3) is 5.43. The van der Waals surface area contributed by atoms with Gasteiger partial charge in [0.25, 0.3) is 0 Å². The van der Waals surface area contributed by atoms with Gasteiger partial charge >= 0.3 is 0 Å². The van der Waals surface area contributed by atoms with Gasteiger partial charge in [0, 0.05) is 31.6 Å². The third-order valence-corrected chi connectivity index (χ3v) is 6.42. The lowest BCUT2D eigenvalue weighted by atomic mass is 9.94. The largest absolute Gasteiger partial charge is 0.356 e. The van der Waals surface area contributed by atoms with Crippen molar-refractivity contribution >= 4 is 15.9 Å². The molecule has 2 saturated heterocycles. The van der Waals surface area contributed by atoms with Crippen LogP contribution >= 0.6 is 0 Å². The molecule has 1 amide bonds. The third-order valence-electron chi connectivity index (χ3n) is 5.15. The van der Waals surface area contributed by atoms with E-state index in [1.165, 1.54) is 10.6 Å². The average molecular weight is 346 g/mol. The second-order valence-corrected chi connectivity index (χ2v) is 9.26. The predicted octanol–water partition coefficient (Wildman–Crippen LogP) is 0.895. The summed E-state index contributed by atoms with van der Waals surface area (Å²) in [7, 11) is -3.12. The highest BCUT2D eigenvalue weighted by atomic mass is 32.2. The van der Waals surface area contributed by atoms with Gasteiger partial charge in [-0.15, -0.1) is 0 Å². The normalized spacial score (nSPS) is 25.7. The fourth-order valence-corrected chi connectivity index (χ4v) is 4.50. The van der Waals surface area contributed by atoms with E-state index in [0.717, 1.165) is 38.8 Å². The van der Waals surface area contributed by atoms with Gasteiger partial charge in [0.2, 0.25) is 15.9 Å². The van der Waals surface area contributed by atoms with Crippen LogP contribution in [-0.2, 0) is 14.8 Å². The number of nitrogens with one attached hydrogen (secondary N) is 1. The van der Waals surface area contributed by atoms with Crippen molar-refractivity contribution in [3.8, 4) is 0 Å². The molecule has 0 aromatic carbocycles. The first-order chi connectivity index (χ1) is 10.8. The number of carbonyl (C=O) groups is 1. The van der Waals surface area contributed by atoms with Crippen LogP contribution in [-0.4, -0.2) is 68.6 Å². The standard InChI is InChI=1S/C16H31N3O3S/c1-13(2)18-9-6-15(7-10-18)16(20)17-11-14-5-4-8-19(12-14)23(3,21)22/h13-15H,4-12H2,1-3H3,(H,17,20). The van der Waals surface area contributed by atoms with Crippen LogP contribution in [0.2, 0.25) is 0 Å². The van der Waals surface area contributed by atoms with Crippen molar-refractivity contribution < 1.29 is 13.2 Å². The van der Waals surface area contributed by atoms with Crippen molar-refractivity contribution in [3.05, 3.63) is 0 Å². The number of rotatable bonds is 5. The van der Waals surface area contributed by atoms with Crippen LogP contribution in [0.3, 0.4) is 0 Å². The molecule has 2 rings (SSSR count). The number of hydrogen-bond acceptors (Lipinski definition) is 4. The van der Waals surface area contributed by atoms with Crippen LogP contribution in [0.15, 0.2) is 0 Å². The topological polar surface area (TPSA) is 69.7 Å². The summed E-state index contributed by atoms with van der Waals surface area (Å²) in [4.78, 5) is 14.7. The maximum absolute atomic E-state index is 12.3. The second-order valence-electron chi connectivity index (χ2n) is 7.28. The zero-order valence-electron chi connectivity index (χ0n) is 14.6. The smallest absolute Gasteiger partial charge is 0.223 e. The van der Waals surface area contributed by atoms with Crippen LogP contribution in [0.4, 0.5) is 0 Å². The molecule has 7 heteroatoms. The van der Waals surface area contributed by atoms with Crippen molar-refractivity contribution in [1.82, 2.24) is 14.5 Å². The molecule has 2 aliphatic heterocycles. The lowest BCUT2D eigenvalue weighted by Gasteiger charge is -2.34. The van der Waals surface area contributed by atoms with Gasteiger partial charge in [0.15, 0.2) is 0 Å². The molecule has 0 aromatic rings. The molecule has 0 saturated carbocycles. The fraction of sp³-hybridized carbons (Fsp3) is 0.938. The van der Waals surface area contributed by atoms with Gasteiger partial charge in [0.05, 0.1) is 6.26 Å². The number of likely N-dealkylation sites (tertiary alicyclic amines) is 1. The Bertz CT molecular complexity index is 499. The molecule has 0 aliphatic carbocycles. The number of piperidine rings is 2. The number of hydrogen-bond donors (Lipinski definition) is 1. The summed E-state index contributed by atoms with van der Waals surface area (Å²) in [5, 5.41) is 3.06. The van der Waals surface area contributed by atoms with Gasteiger partial charge in [0.1, 0.15) is 0 Å². The fourth-order valence-electron chi connectivity index (χ4n) is 3.56. The lowest BCUT2D eigenvalue weighted by molar-refractivity contribution is -0.126. The molecule has 1 atom stereocenters.